The minimum absolute atomic E-state index is 0.170. The third kappa shape index (κ3) is 2.65. The molecule has 2 heterocycles. The fourth-order valence-corrected chi connectivity index (χ4v) is 3.47. The van der Waals surface area contributed by atoms with E-state index < -0.39 is 0 Å². The fourth-order valence-electron chi connectivity index (χ4n) is 2.78. The second-order valence-corrected chi connectivity index (χ2v) is 6.95. The lowest BCUT2D eigenvalue weighted by molar-refractivity contribution is 0.872. The molecule has 4 rings (SSSR count). The zero-order valence-corrected chi connectivity index (χ0v) is 14.4. The number of aryl methyl sites for hydroxylation is 2. The van der Waals surface area contributed by atoms with Crippen molar-refractivity contribution in [1.29, 1.82) is 0 Å². The number of fused-ring (bicyclic) bond motifs is 1. The molecule has 2 N–H and O–H groups in total. The molecule has 0 bridgehead atoms. The van der Waals surface area contributed by atoms with E-state index in [9.17, 15) is 4.79 Å². The molecular formula is C16H16BrN5O. The van der Waals surface area contributed by atoms with Gasteiger partial charge in [-0.15, -0.1) is 5.10 Å². The van der Waals surface area contributed by atoms with Gasteiger partial charge in [-0.05, 0) is 49.9 Å². The number of hydrogen-bond acceptors (Lipinski definition) is 4. The Morgan fingerprint density at radius 2 is 2.00 bits per heavy atom. The topological polar surface area (TPSA) is 75.6 Å². The van der Waals surface area contributed by atoms with Crippen molar-refractivity contribution in [3.8, 4) is 5.69 Å². The number of nitrogens with zero attached hydrogens (tertiary/aromatic N) is 3. The van der Waals surface area contributed by atoms with E-state index in [0.29, 0.717) is 23.0 Å². The standard InChI is InChI=1S/C16H16BrN5O/c1-8-5-10(17)6-9(2)13(8)22-7-12-14(21-22)19-16(20-15(12)23)18-11-3-4-11/h5-7,11H,3-4H2,1-2H3,(H2,18,19,20,21,23). The van der Waals surface area contributed by atoms with Crippen molar-refractivity contribution < 1.29 is 0 Å². The zero-order chi connectivity index (χ0) is 16.1. The van der Waals surface area contributed by atoms with Gasteiger partial charge in [0.15, 0.2) is 5.65 Å². The fraction of sp³-hybridized carbons (Fsp3) is 0.312. The average molecular weight is 374 g/mol. The molecule has 3 aromatic rings. The highest BCUT2D eigenvalue weighted by atomic mass is 79.9. The van der Waals surface area contributed by atoms with Gasteiger partial charge in [0.1, 0.15) is 5.39 Å². The summed E-state index contributed by atoms with van der Waals surface area (Å²) < 4.78 is 2.77. The van der Waals surface area contributed by atoms with Gasteiger partial charge in [0.25, 0.3) is 5.56 Å². The van der Waals surface area contributed by atoms with Crippen LogP contribution in [-0.4, -0.2) is 25.8 Å². The first-order chi connectivity index (χ1) is 11.0. The summed E-state index contributed by atoms with van der Waals surface area (Å²) in [6, 6.07) is 4.49. The van der Waals surface area contributed by atoms with E-state index in [0.717, 1.165) is 34.1 Å². The Labute approximate surface area is 141 Å². The number of halogens is 1. The molecule has 1 aliphatic rings. The molecule has 0 spiro atoms. The normalized spacial score (nSPS) is 14.4. The quantitative estimate of drug-likeness (QED) is 0.739. The number of anilines is 1. The van der Waals surface area contributed by atoms with Gasteiger partial charge in [-0.2, -0.15) is 4.98 Å². The summed E-state index contributed by atoms with van der Waals surface area (Å²) >= 11 is 3.50. The molecule has 0 radical (unpaired) electrons. The summed E-state index contributed by atoms with van der Waals surface area (Å²) in [7, 11) is 0. The van der Waals surface area contributed by atoms with Gasteiger partial charge in [-0.3, -0.25) is 9.78 Å². The molecule has 0 aliphatic heterocycles. The van der Waals surface area contributed by atoms with Crippen molar-refractivity contribution in [1.82, 2.24) is 19.7 Å². The van der Waals surface area contributed by atoms with Crippen LogP contribution in [0.4, 0.5) is 5.95 Å². The van der Waals surface area contributed by atoms with Crippen molar-refractivity contribution in [2.45, 2.75) is 32.7 Å². The number of benzene rings is 1. The first kappa shape index (κ1) is 14.4. The molecule has 7 heteroatoms. The van der Waals surface area contributed by atoms with Crippen LogP contribution in [0.5, 0.6) is 0 Å². The zero-order valence-electron chi connectivity index (χ0n) is 12.9. The summed E-state index contributed by atoms with van der Waals surface area (Å²) in [5, 5.41) is 8.21. The van der Waals surface area contributed by atoms with Crippen molar-refractivity contribution in [3.05, 3.63) is 44.3 Å². The Bertz CT molecular complexity index is 947. The van der Waals surface area contributed by atoms with Crippen LogP contribution in [-0.2, 0) is 0 Å². The molecule has 2 aromatic heterocycles. The lowest BCUT2D eigenvalue weighted by atomic mass is 10.1. The minimum atomic E-state index is -0.170. The van der Waals surface area contributed by atoms with Crippen LogP contribution in [0, 0.1) is 13.8 Å². The summed E-state index contributed by atoms with van der Waals surface area (Å²) in [6.07, 6.45) is 3.98. The number of nitrogens with one attached hydrogen (secondary N) is 2. The smallest absolute Gasteiger partial charge is 0.263 e. The monoisotopic (exact) mass is 373 g/mol. The summed E-state index contributed by atoms with van der Waals surface area (Å²) in [4.78, 5) is 19.5. The van der Waals surface area contributed by atoms with Crippen LogP contribution in [0.3, 0.4) is 0 Å². The molecule has 0 amide bonds. The Morgan fingerprint density at radius 3 is 2.65 bits per heavy atom. The first-order valence-electron chi connectivity index (χ1n) is 7.54. The molecule has 6 nitrogen and oxygen atoms in total. The maximum atomic E-state index is 12.3. The van der Waals surface area contributed by atoms with Crippen LogP contribution in [0.1, 0.15) is 24.0 Å². The van der Waals surface area contributed by atoms with Gasteiger partial charge >= 0.3 is 0 Å². The van der Waals surface area contributed by atoms with Crippen LogP contribution >= 0.6 is 15.9 Å². The number of aromatic nitrogens is 4. The molecule has 1 aromatic carbocycles. The van der Waals surface area contributed by atoms with Gasteiger partial charge in [0.2, 0.25) is 5.95 Å². The van der Waals surface area contributed by atoms with Crippen molar-refractivity contribution in [3.63, 3.8) is 0 Å². The second-order valence-electron chi connectivity index (χ2n) is 6.03. The van der Waals surface area contributed by atoms with E-state index in [1.54, 1.807) is 10.9 Å². The van der Waals surface area contributed by atoms with E-state index in [4.69, 9.17) is 0 Å². The van der Waals surface area contributed by atoms with Crippen LogP contribution in [0.15, 0.2) is 27.6 Å². The van der Waals surface area contributed by atoms with Gasteiger partial charge in [0.05, 0.1) is 5.69 Å². The van der Waals surface area contributed by atoms with E-state index >= 15 is 0 Å². The Kier molecular flexibility index (Phi) is 3.26. The van der Waals surface area contributed by atoms with Crippen LogP contribution in [0.2, 0.25) is 0 Å². The van der Waals surface area contributed by atoms with Gasteiger partial charge in [0, 0.05) is 16.7 Å². The molecule has 118 valence electrons. The minimum Gasteiger partial charge on any atom is -0.353 e. The first-order valence-corrected chi connectivity index (χ1v) is 8.34. The summed E-state index contributed by atoms with van der Waals surface area (Å²) in [6.45, 7) is 4.05. The number of rotatable bonds is 3. The molecule has 0 atom stereocenters. The maximum Gasteiger partial charge on any atom is 0.263 e. The van der Waals surface area contributed by atoms with Crippen molar-refractivity contribution >= 4 is 32.9 Å². The molecule has 23 heavy (non-hydrogen) atoms. The Balaban J connectivity index is 1.86. The van der Waals surface area contributed by atoms with Crippen LogP contribution < -0.4 is 10.9 Å². The molecule has 1 fully saturated rings. The Hall–Kier alpha value is -2.15. The molecular weight excluding hydrogens is 358 g/mol. The van der Waals surface area contributed by atoms with Gasteiger partial charge in [-0.1, -0.05) is 15.9 Å². The Morgan fingerprint density at radius 1 is 1.30 bits per heavy atom. The molecule has 0 saturated heterocycles. The predicted octanol–water partition coefficient (Wildman–Crippen LogP) is 3.06. The molecule has 0 unspecified atom stereocenters. The number of hydrogen-bond donors (Lipinski definition) is 2. The molecule has 1 aliphatic carbocycles. The van der Waals surface area contributed by atoms with Crippen LogP contribution in [0.25, 0.3) is 16.7 Å². The summed E-state index contributed by atoms with van der Waals surface area (Å²) in [5.41, 5.74) is 3.42. The largest absolute Gasteiger partial charge is 0.353 e. The highest BCUT2D eigenvalue weighted by Crippen LogP contribution is 2.25. The van der Waals surface area contributed by atoms with Crippen molar-refractivity contribution in [2.24, 2.45) is 0 Å². The molecule has 1 saturated carbocycles. The number of aromatic amines is 1. The van der Waals surface area contributed by atoms with E-state index in [1.807, 2.05) is 26.0 Å². The summed E-state index contributed by atoms with van der Waals surface area (Å²) in [5.74, 6) is 0.500. The van der Waals surface area contributed by atoms with Crippen molar-refractivity contribution in [2.75, 3.05) is 5.32 Å². The average Bonchev–Trinajstić information content (AvgIpc) is 3.15. The third-order valence-electron chi connectivity index (χ3n) is 3.99. The van der Waals surface area contributed by atoms with E-state index in [2.05, 4.69) is 36.3 Å². The van der Waals surface area contributed by atoms with E-state index in [1.165, 1.54) is 0 Å². The number of H-pyrrole nitrogens is 1. The lowest BCUT2D eigenvalue weighted by Gasteiger charge is -2.10. The van der Waals surface area contributed by atoms with E-state index in [-0.39, 0.29) is 5.56 Å². The lowest BCUT2D eigenvalue weighted by Crippen LogP contribution is -2.13. The third-order valence-corrected chi connectivity index (χ3v) is 4.45. The predicted molar refractivity (Wildman–Crippen MR) is 93.3 cm³/mol. The maximum absolute atomic E-state index is 12.3. The highest BCUT2D eigenvalue weighted by molar-refractivity contribution is 9.10. The second kappa shape index (κ2) is 5.19. The highest BCUT2D eigenvalue weighted by Gasteiger charge is 2.22. The SMILES string of the molecule is Cc1cc(Br)cc(C)c1-n1cc2c(=O)[nH]c(NC3CC3)nc2n1. The van der Waals surface area contributed by atoms with Gasteiger partial charge < -0.3 is 5.32 Å². The van der Waals surface area contributed by atoms with Gasteiger partial charge in [-0.25, -0.2) is 4.68 Å².